The lowest BCUT2D eigenvalue weighted by atomic mass is 9.78. The van der Waals surface area contributed by atoms with Crippen molar-refractivity contribution in [2.45, 2.75) is 105 Å². The Kier molecular flexibility index (Phi) is 16.3. The van der Waals surface area contributed by atoms with Crippen LogP contribution in [-0.2, 0) is 15.6 Å². The molecular formula is C46H64O7. The molecule has 4 aromatic carbocycles. The third kappa shape index (κ3) is 14.0. The van der Waals surface area contributed by atoms with Crippen LogP contribution in [-0.4, -0.2) is 58.6 Å². The summed E-state index contributed by atoms with van der Waals surface area (Å²) in [5.41, 5.74) is 3.91. The van der Waals surface area contributed by atoms with E-state index in [9.17, 15) is 20.4 Å². The number of hydrogen-bond acceptors (Lipinski definition) is 7. The largest absolute Gasteiger partial charge is 0.508 e. The van der Waals surface area contributed by atoms with Crippen molar-refractivity contribution >= 4 is 0 Å². The molecule has 53 heavy (non-hydrogen) atoms. The molecule has 4 aromatic rings. The molecule has 3 atom stereocenters. The number of benzene rings is 4. The van der Waals surface area contributed by atoms with E-state index in [0.717, 1.165) is 46.8 Å². The fraction of sp³-hybridized carbons (Fsp3) is 0.478. The molecule has 1 fully saturated rings. The van der Waals surface area contributed by atoms with Gasteiger partial charge in [-0.3, -0.25) is 0 Å². The van der Waals surface area contributed by atoms with Gasteiger partial charge in [0.1, 0.15) is 42.3 Å². The van der Waals surface area contributed by atoms with Crippen LogP contribution in [0.2, 0.25) is 0 Å². The van der Waals surface area contributed by atoms with Crippen molar-refractivity contribution in [3.63, 3.8) is 0 Å². The lowest BCUT2D eigenvalue weighted by molar-refractivity contribution is 0.0701. The number of phenolic OH excluding ortho intramolecular Hbond substituents is 2. The zero-order valence-corrected chi connectivity index (χ0v) is 33.5. The Hall–Kier alpha value is -4.04. The number of ether oxygens (including phenoxy) is 3. The molecule has 7 heteroatoms. The van der Waals surface area contributed by atoms with Gasteiger partial charge in [0.05, 0.1) is 18.8 Å². The average molecular weight is 729 g/mol. The SMILES string of the molecule is CC(C)(c1cccc(O)c1)c1cccc(OCC2CO2)c1.CC(C)C(O)COc1cccc(C(C)(C)c2cccc(O)c2)c1.CC(C)CC(O)C(C)C. The van der Waals surface area contributed by atoms with Crippen LogP contribution in [0.15, 0.2) is 97.1 Å². The molecular weight excluding hydrogens is 664 g/mol. The molecule has 0 bridgehead atoms. The highest BCUT2D eigenvalue weighted by atomic mass is 16.6. The van der Waals surface area contributed by atoms with Crippen molar-refractivity contribution in [1.29, 1.82) is 0 Å². The molecule has 5 rings (SSSR count). The molecule has 3 unspecified atom stereocenters. The molecule has 1 heterocycles. The van der Waals surface area contributed by atoms with E-state index >= 15 is 0 Å². The minimum atomic E-state index is -0.474. The standard InChI is InChI=1S/C20H26O3.C18H20O3.C8H18O/c1-14(2)19(22)13-23-18-10-6-8-16(12-18)20(3,4)15-7-5-9-17(21)11-15;1-18(2,13-5-3-7-15(19)9-13)14-6-4-8-16(10-14)20-11-17-12-21-17;1-6(2)5-8(9)7(3)4/h5-12,14,19,21-22H,13H2,1-4H3;3-10,17,19H,11-12H2,1-2H3;6-9H,5H2,1-4H3. The zero-order chi connectivity index (χ0) is 39.3. The lowest BCUT2D eigenvalue weighted by Crippen LogP contribution is -2.23. The summed E-state index contributed by atoms with van der Waals surface area (Å²) >= 11 is 0. The zero-order valence-electron chi connectivity index (χ0n) is 33.5. The quantitative estimate of drug-likeness (QED) is 0.0957. The number of aliphatic hydroxyl groups is 2. The normalized spacial score (nSPS) is 15.2. The summed E-state index contributed by atoms with van der Waals surface area (Å²) in [4.78, 5) is 0. The molecule has 1 aliphatic heterocycles. The van der Waals surface area contributed by atoms with E-state index in [0.29, 0.717) is 24.2 Å². The fourth-order valence-corrected chi connectivity index (χ4v) is 5.55. The van der Waals surface area contributed by atoms with E-state index in [1.54, 1.807) is 18.2 Å². The number of hydrogen-bond donors (Lipinski definition) is 4. The van der Waals surface area contributed by atoms with Crippen molar-refractivity contribution in [2.75, 3.05) is 19.8 Å². The van der Waals surface area contributed by atoms with Gasteiger partial charge in [0.15, 0.2) is 0 Å². The predicted molar refractivity (Wildman–Crippen MR) is 215 cm³/mol. The maximum absolute atomic E-state index is 9.87. The van der Waals surface area contributed by atoms with Crippen LogP contribution in [0.1, 0.15) is 97.9 Å². The lowest BCUT2D eigenvalue weighted by Gasteiger charge is -2.27. The molecule has 0 aromatic heterocycles. The first kappa shape index (κ1) is 43.4. The molecule has 4 N–H and O–H groups in total. The highest BCUT2D eigenvalue weighted by Crippen LogP contribution is 2.36. The van der Waals surface area contributed by atoms with E-state index < -0.39 is 6.10 Å². The molecule has 0 aliphatic carbocycles. The molecule has 0 radical (unpaired) electrons. The van der Waals surface area contributed by atoms with Crippen molar-refractivity contribution < 1.29 is 34.6 Å². The minimum absolute atomic E-state index is 0.106. The van der Waals surface area contributed by atoms with E-state index in [-0.39, 0.29) is 41.3 Å². The molecule has 0 saturated carbocycles. The molecule has 1 aliphatic rings. The third-order valence-electron chi connectivity index (χ3n) is 9.76. The van der Waals surface area contributed by atoms with Gasteiger partial charge in [0, 0.05) is 10.8 Å². The second-order valence-corrected chi connectivity index (χ2v) is 16.2. The van der Waals surface area contributed by atoms with E-state index in [4.69, 9.17) is 14.2 Å². The van der Waals surface area contributed by atoms with Crippen LogP contribution in [0, 0.1) is 17.8 Å². The maximum Gasteiger partial charge on any atom is 0.119 e. The Labute approximate surface area is 318 Å². The second-order valence-electron chi connectivity index (χ2n) is 16.2. The Balaban J connectivity index is 0.000000234. The monoisotopic (exact) mass is 728 g/mol. The molecule has 290 valence electrons. The number of epoxide rings is 1. The van der Waals surface area contributed by atoms with Crippen LogP contribution in [0.4, 0.5) is 0 Å². The van der Waals surface area contributed by atoms with Gasteiger partial charge in [-0.25, -0.2) is 0 Å². The maximum atomic E-state index is 9.87. The first-order valence-corrected chi connectivity index (χ1v) is 18.9. The Morgan fingerprint density at radius 1 is 0.604 bits per heavy atom. The predicted octanol–water partition coefficient (Wildman–Crippen LogP) is 9.66. The van der Waals surface area contributed by atoms with E-state index in [1.165, 1.54) is 0 Å². The highest BCUT2D eigenvalue weighted by Gasteiger charge is 2.26. The second kappa shape index (κ2) is 19.9. The number of aromatic hydroxyl groups is 2. The number of aliphatic hydroxyl groups excluding tert-OH is 2. The Bertz CT molecular complexity index is 1670. The highest BCUT2D eigenvalue weighted by molar-refractivity contribution is 5.44. The van der Waals surface area contributed by atoms with Gasteiger partial charge in [0.25, 0.3) is 0 Å². The summed E-state index contributed by atoms with van der Waals surface area (Å²) in [6, 6.07) is 30.7. The van der Waals surface area contributed by atoms with Gasteiger partial charge >= 0.3 is 0 Å². The van der Waals surface area contributed by atoms with Crippen LogP contribution in [0.3, 0.4) is 0 Å². The summed E-state index contributed by atoms with van der Waals surface area (Å²) < 4.78 is 16.6. The van der Waals surface area contributed by atoms with E-state index in [2.05, 4.69) is 59.7 Å². The first-order valence-electron chi connectivity index (χ1n) is 18.9. The van der Waals surface area contributed by atoms with Crippen LogP contribution >= 0.6 is 0 Å². The molecule has 0 spiro atoms. The Morgan fingerprint density at radius 3 is 1.36 bits per heavy atom. The topological polar surface area (TPSA) is 112 Å². The summed E-state index contributed by atoms with van der Waals surface area (Å²) in [6.45, 7) is 22.5. The first-order chi connectivity index (χ1) is 24.9. The summed E-state index contributed by atoms with van der Waals surface area (Å²) in [7, 11) is 0. The van der Waals surface area contributed by atoms with Crippen molar-refractivity contribution in [1.82, 2.24) is 0 Å². The van der Waals surface area contributed by atoms with Crippen molar-refractivity contribution in [3.8, 4) is 23.0 Å². The molecule has 7 nitrogen and oxygen atoms in total. The van der Waals surface area contributed by atoms with Gasteiger partial charge in [-0.2, -0.15) is 0 Å². The Morgan fingerprint density at radius 2 is 1.00 bits per heavy atom. The molecule has 1 saturated heterocycles. The van der Waals surface area contributed by atoms with Crippen LogP contribution in [0.5, 0.6) is 23.0 Å². The smallest absolute Gasteiger partial charge is 0.119 e. The minimum Gasteiger partial charge on any atom is -0.508 e. The van der Waals surface area contributed by atoms with Crippen LogP contribution < -0.4 is 9.47 Å². The van der Waals surface area contributed by atoms with Crippen molar-refractivity contribution in [2.24, 2.45) is 17.8 Å². The van der Waals surface area contributed by atoms with Gasteiger partial charge < -0.3 is 34.6 Å². The molecule has 0 amide bonds. The summed E-state index contributed by atoms with van der Waals surface area (Å²) in [6.07, 6.45) is 0.605. The van der Waals surface area contributed by atoms with Gasteiger partial charge in [-0.1, -0.05) is 118 Å². The van der Waals surface area contributed by atoms with E-state index in [1.807, 2.05) is 88.4 Å². The number of rotatable bonds is 14. The van der Waals surface area contributed by atoms with Crippen LogP contribution in [0.25, 0.3) is 0 Å². The van der Waals surface area contributed by atoms with Gasteiger partial charge in [-0.05, 0) is 95.0 Å². The van der Waals surface area contributed by atoms with Crippen molar-refractivity contribution in [3.05, 3.63) is 119 Å². The third-order valence-corrected chi connectivity index (χ3v) is 9.76. The van der Waals surface area contributed by atoms with Gasteiger partial charge in [0.2, 0.25) is 0 Å². The summed E-state index contributed by atoms with van der Waals surface area (Å²) in [5.74, 6) is 3.35. The fourth-order valence-electron chi connectivity index (χ4n) is 5.55. The number of phenols is 2. The average Bonchev–Trinajstić information content (AvgIpc) is 3.95. The summed E-state index contributed by atoms with van der Waals surface area (Å²) in [5, 5.41) is 38.6. The van der Waals surface area contributed by atoms with Gasteiger partial charge in [-0.15, -0.1) is 0 Å².